The molecule has 1 atom stereocenters. The number of carbonyl (C=O) groups excluding carboxylic acids is 2. The van der Waals surface area contributed by atoms with Crippen LogP contribution >= 0.6 is 0 Å². The van der Waals surface area contributed by atoms with Crippen molar-refractivity contribution < 1.29 is 24.2 Å². The number of nitrogens with one attached hydrogen (secondary N) is 1. The van der Waals surface area contributed by atoms with Crippen LogP contribution in [0.2, 0.25) is 0 Å². The predicted octanol–water partition coefficient (Wildman–Crippen LogP) is 0.647. The maximum Gasteiger partial charge on any atom is 0.309 e. The van der Waals surface area contributed by atoms with E-state index in [-0.39, 0.29) is 24.8 Å². The summed E-state index contributed by atoms with van der Waals surface area (Å²) in [5.41, 5.74) is -0.722. The Morgan fingerprint density at radius 1 is 1.25 bits per heavy atom. The van der Waals surface area contributed by atoms with Crippen LogP contribution in [0.25, 0.3) is 0 Å². The molecule has 1 aromatic rings. The SMILES string of the molecule is O=C1CC(C(=O)O)C2(CCN(C(=O)COc3ccccc3)CC2)N1. The van der Waals surface area contributed by atoms with Crippen molar-refractivity contribution in [2.75, 3.05) is 19.7 Å². The van der Waals surface area contributed by atoms with Crippen LogP contribution in [0.5, 0.6) is 5.75 Å². The molecular weight excluding hydrogens is 312 g/mol. The van der Waals surface area contributed by atoms with Gasteiger partial charge in [-0.25, -0.2) is 0 Å². The number of aliphatic carboxylic acids is 1. The van der Waals surface area contributed by atoms with Crippen molar-refractivity contribution >= 4 is 17.8 Å². The number of para-hydroxylation sites is 1. The molecule has 2 saturated heterocycles. The number of carboxylic acids is 1. The second-order valence-corrected chi connectivity index (χ2v) is 6.28. The molecular formula is C17H20N2O5. The van der Waals surface area contributed by atoms with Crippen molar-refractivity contribution in [3.05, 3.63) is 30.3 Å². The standard InChI is InChI=1S/C17H20N2O5/c20-14-10-13(16(22)23)17(18-14)6-8-19(9-7-17)15(21)11-24-12-4-2-1-3-5-12/h1-5,13H,6-11H2,(H,18,20)(H,22,23). The molecule has 2 heterocycles. The van der Waals surface area contributed by atoms with Crippen LogP contribution < -0.4 is 10.1 Å². The number of carboxylic acid groups (broad SMARTS) is 1. The quantitative estimate of drug-likeness (QED) is 0.844. The van der Waals surface area contributed by atoms with Crippen LogP contribution in [0, 0.1) is 5.92 Å². The van der Waals surface area contributed by atoms with Gasteiger partial charge in [0.25, 0.3) is 5.91 Å². The number of likely N-dealkylation sites (tertiary alicyclic amines) is 1. The van der Waals surface area contributed by atoms with Gasteiger partial charge in [-0.2, -0.15) is 0 Å². The summed E-state index contributed by atoms with van der Waals surface area (Å²) in [4.78, 5) is 36.9. The first-order chi connectivity index (χ1) is 11.5. The number of carbonyl (C=O) groups is 3. The molecule has 2 aliphatic heterocycles. The third-order valence-electron chi connectivity index (χ3n) is 4.86. The molecule has 0 aliphatic carbocycles. The monoisotopic (exact) mass is 332 g/mol. The first kappa shape index (κ1) is 16.3. The zero-order valence-electron chi connectivity index (χ0n) is 13.2. The van der Waals surface area contributed by atoms with Gasteiger partial charge in [-0.3, -0.25) is 14.4 Å². The van der Waals surface area contributed by atoms with Crippen LogP contribution in [0.1, 0.15) is 19.3 Å². The number of nitrogens with zero attached hydrogens (tertiary/aromatic N) is 1. The minimum Gasteiger partial charge on any atom is -0.484 e. The fourth-order valence-corrected chi connectivity index (χ4v) is 3.50. The highest BCUT2D eigenvalue weighted by Crippen LogP contribution is 2.36. The smallest absolute Gasteiger partial charge is 0.309 e. The van der Waals surface area contributed by atoms with E-state index in [0.29, 0.717) is 31.7 Å². The lowest BCUT2D eigenvalue weighted by Crippen LogP contribution is -2.57. The fourth-order valence-electron chi connectivity index (χ4n) is 3.50. The van der Waals surface area contributed by atoms with Crippen LogP contribution in [0.4, 0.5) is 0 Å². The lowest BCUT2D eigenvalue weighted by atomic mass is 9.78. The molecule has 7 heteroatoms. The van der Waals surface area contributed by atoms with Gasteiger partial charge in [0, 0.05) is 19.5 Å². The van der Waals surface area contributed by atoms with Gasteiger partial charge in [0.2, 0.25) is 5.91 Å². The highest BCUT2D eigenvalue weighted by atomic mass is 16.5. The number of benzene rings is 1. The van der Waals surface area contributed by atoms with Crippen molar-refractivity contribution in [1.82, 2.24) is 10.2 Å². The summed E-state index contributed by atoms with van der Waals surface area (Å²) in [5, 5.41) is 12.2. The first-order valence-electron chi connectivity index (χ1n) is 8.00. The Balaban J connectivity index is 1.55. The molecule has 0 bridgehead atoms. The number of hydrogen-bond acceptors (Lipinski definition) is 4. The summed E-state index contributed by atoms with van der Waals surface area (Å²) in [7, 11) is 0. The van der Waals surface area contributed by atoms with Crippen LogP contribution in [0.15, 0.2) is 30.3 Å². The maximum atomic E-state index is 12.3. The van der Waals surface area contributed by atoms with Crippen LogP contribution in [-0.2, 0) is 14.4 Å². The molecule has 3 rings (SSSR count). The van der Waals surface area contributed by atoms with Gasteiger partial charge in [0.15, 0.2) is 6.61 Å². The van der Waals surface area contributed by atoms with Crippen molar-refractivity contribution in [2.24, 2.45) is 5.92 Å². The molecule has 2 fully saturated rings. The van der Waals surface area contributed by atoms with Gasteiger partial charge >= 0.3 is 5.97 Å². The Morgan fingerprint density at radius 3 is 2.54 bits per heavy atom. The summed E-state index contributed by atoms with van der Waals surface area (Å²) in [6.45, 7) is 0.786. The zero-order valence-corrected chi connectivity index (χ0v) is 13.2. The van der Waals surface area contributed by atoms with Gasteiger partial charge in [0.05, 0.1) is 11.5 Å². The lowest BCUT2D eigenvalue weighted by Gasteiger charge is -2.41. The number of piperidine rings is 1. The fraction of sp³-hybridized carbons (Fsp3) is 0.471. The second-order valence-electron chi connectivity index (χ2n) is 6.28. The molecule has 7 nitrogen and oxygen atoms in total. The molecule has 1 aromatic carbocycles. The average molecular weight is 332 g/mol. The highest BCUT2D eigenvalue weighted by molar-refractivity contribution is 5.88. The van der Waals surface area contributed by atoms with Gasteiger partial charge in [0.1, 0.15) is 5.75 Å². The molecule has 128 valence electrons. The van der Waals surface area contributed by atoms with E-state index in [4.69, 9.17) is 4.74 Å². The van der Waals surface area contributed by atoms with E-state index in [0.717, 1.165) is 0 Å². The van der Waals surface area contributed by atoms with E-state index < -0.39 is 17.4 Å². The zero-order chi connectivity index (χ0) is 17.2. The van der Waals surface area contributed by atoms with Gasteiger partial charge in [-0.15, -0.1) is 0 Å². The summed E-state index contributed by atoms with van der Waals surface area (Å²) in [6, 6.07) is 9.10. The minimum absolute atomic E-state index is 0.0143. The molecule has 0 aromatic heterocycles. The van der Waals surface area contributed by atoms with Gasteiger partial charge in [-0.05, 0) is 25.0 Å². The average Bonchev–Trinajstić information content (AvgIpc) is 2.90. The number of amides is 2. The van der Waals surface area contributed by atoms with Crippen LogP contribution in [-0.4, -0.2) is 53.0 Å². The molecule has 2 aliphatic rings. The summed E-state index contributed by atoms with van der Waals surface area (Å²) in [5.74, 6) is -1.41. The molecule has 2 N–H and O–H groups in total. The van der Waals surface area contributed by atoms with Crippen LogP contribution in [0.3, 0.4) is 0 Å². The minimum atomic E-state index is -0.958. The van der Waals surface area contributed by atoms with E-state index >= 15 is 0 Å². The number of ether oxygens (including phenoxy) is 1. The van der Waals surface area contributed by atoms with Crippen molar-refractivity contribution in [3.8, 4) is 5.75 Å². The summed E-state index contributed by atoms with van der Waals surface area (Å²) in [6.07, 6.45) is 0.917. The molecule has 0 radical (unpaired) electrons. The molecule has 24 heavy (non-hydrogen) atoms. The van der Waals surface area contributed by atoms with E-state index in [9.17, 15) is 19.5 Å². The predicted molar refractivity (Wildman–Crippen MR) is 84.4 cm³/mol. The maximum absolute atomic E-state index is 12.3. The molecule has 1 spiro atoms. The van der Waals surface area contributed by atoms with Crippen molar-refractivity contribution in [3.63, 3.8) is 0 Å². The number of rotatable bonds is 4. The molecule has 0 saturated carbocycles. The first-order valence-corrected chi connectivity index (χ1v) is 8.00. The van der Waals surface area contributed by atoms with E-state index in [1.54, 1.807) is 17.0 Å². The van der Waals surface area contributed by atoms with E-state index in [1.807, 2.05) is 18.2 Å². The Labute approximate surface area is 139 Å². The normalized spacial score (nSPS) is 22.2. The largest absolute Gasteiger partial charge is 0.484 e. The highest BCUT2D eigenvalue weighted by Gasteiger charge is 2.51. The lowest BCUT2D eigenvalue weighted by molar-refractivity contribution is -0.145. The van der Waals surface area contributed by atoms with Crippen molar-refractivity contribution in [1.29, 1.82) is 0 Å². The summed E-state index contributed by atoms with van der Waals surface area (Å²) >= 11 is 0. The Morgan fingerprint density at radius 2 is 1.92 bits per heavy atom. The van der Waals surface area contributed by atoms with E-state index in [1.165, 1.54) is 0 Å². The topological polar surface area (TPSA) is 95.9 Å². The van der Waals surface area contributed by atoms with Crippen molar-refractivity contribution in [2.45, 2.75) is 24.8 Å². The Bertz CT molecular complexity index is 638. The molecule has 2 amide bonds. The van der Waals surface area contributed by atoms with Gasteiger partial charge < -0.3 is 20.1 Å². The Kier molecular flexibility index (Phi) is 4.42. The Hall–Kier alpha value is -2.57. The summed E-state index contributed by atoms with van der Waals surface area (Å²) < 4.78 is 5.46. The molecule has 1 unspecified atom stereocenters. The third kappa shape index (κ3) is 3.20. The van der Waals surface area contributed by atoms with E-state index in [2.05, 4.69) is 5.32 Å². The third-order valence-corrected chi connectivity index (χ3v) is 4.86. The van der Waals surface area contributed by atoms with Gasteiger partial charge in [-0.1, -0.05) is 18.2 Å². The second kappa shape index (κ2) is 6.51. The number of hydrogen-bond donors (Lipinski definition) is 2.